The van der Waals surface area contributed by atoms with Gasteiger partial charge in [0, 0.05) is 22.0 Å². The van der Waals surface area contributed by atoms with Gasteiger partial charge in [0.25, 0.3) is 0 Å². The number of benzene rings is 2. The molecule has 0 fully saturated rings. The molecular formula is C16H17ClIN. The fraction of sp³-hybridized carbons (Fsp3) is 0.250. The molecule has 2 aromatic rings. The molecule has 0 aliphatic carbocycles. The largest absolute Gasteiger partial charge is 0.308 e. The highest BCUT2D eigenvalue weighted by Crippen LogP contribution is 2.08. The van der Waals surface area contributed by atoms with E-state index in [9.17, 15) is 0 Å². The van der Waals surface area contributed by atoms with E-state index in [4.69, 9.17) is 11.6 Å². The first kappa shape index (κ1) is 14.8. The second kappa shape index (κ2) is 7.88. The summed E-state index contributed by atoms with van der Waals surface area (Å²) in [7, 11) is 0. The number of hydrogen-bond donors (Lipinski definition) is 1. The topological polar surface area (TPSA) is 12.0 Å². The smallest absolute Gasteiger partial charge is 0.0380 e. The maximum atomic E-state index is 6.05. The summed E-state index contributed by atoms with van der Waals surface area (Å²) < 4.78 is 1.26. The fourth-order valence-corrected chi connectivity index (χ4v) is 2.52. The molecule has 1 unspecified atom stereocenters. The lowest BCUT2D eigenvalue weighted by atomic mass is 10.1. The van der Waals surface area contributed by atoms with Crippen molar-refractivity contribution < 1.29 is 0 Å². The van der Waals surface area contributed by atoms with E-state index in [1.54, 1.807) is 0 Å². The zero-order chi connectivity index (χ0) is 13.5. The Morgan fingerprint density at radius 1 is 0.947 bits per heavy atom. The summed E-state index contributed by atoms with van der Waals surface area (Å²) in [5.74, 6) is 0.624. The first-order valence-corrected chi connectivity index (χ1v) is 7.97. The van der Waals surface area contributed by atoms with E-state index in [-0.39, 0.29) is 0 Å². The Morgan fingerprint density at radius 3 is 2.26 bits per heavy atom. The summed E-state index contributed by atoms with van der Waals surface area (Å²) >= 11 is 8.36. The minimum Gasteiger partial charge on any atom is -0.308 e. The predicted octanol–water partition coefficient (Wildman–Crippen LogP) is 4.23. The third-order valence-corrected chi connectivity index (χ3v) is 4.11. The van der Waals surface area contributed by atoms with E-state index in [2.05, 4.69) is 76.4 Å². The molecule has 2 rings (SSSR count). The number of halogens is 2. The molecule has 0 spiro atoms. The minimum atomic E-state index is 0.309. The van der Waals surface area contributed by atoms with Crippen molar-refractivity contribution in [2.24, 2.45) is 0 Å². The number of nitrogens with one attached hydrogen (secondary N) is 1. The Bertz CT molecular complexity index is 484. The van der Waals surface area contributed by atoms with Crippen LogP contribution in [0.1, 0.15) is 11.1 Å². The molecule has 100 valence electrons. The highest BCUT2D eigenvalue weighted by atomic mass is 127. The molecule has 1 nitrogen and oxygen atoms in total. The molecule has 0 heterocycles. The second-order valence-corrected chi connectivity index (χ2v) is 6.10. The molecule has 0 saturated carbocycles. The van der Waals surface area contributed by atoms with E-state index < -0.39 is 0 Å². The van der Waals surface area contributed by atoms with E-state index >= 15 is 0 Å². The Kier molecular flexibility index (Phi) is 6.14. The van der Waals surface area contributed by atoms with Gasteiger partial charge in [0.15, 0.2) is 0 Å². The normalized spacial score (nSPS) is 12.3. The van der Waals surface area contributed by atoms with Crippen LogP contribution < -0.4 is 5.32 Å². The van der Waals surface area contributed by atoms with Gasteiger partial charge in [0.1, 0.15) is 0 Å². The van der Waals surface area contributed by atoms with Crippen LogP contribution in [0.4, 0.5) is 0 Å². The summed E-state index contributed by atoms with van der Waals surface area (Å²) in [4.78, 5) is 0. The van der Waals surface area contributed by atoms with E-state index in [0.717, 1.165) is 13.0 Å². The third-order valence-electron chi connectivity index (χ3n) is 3.02. The maximum absolute atomic E-state index is 6.05. The monoisotopic (exact) mass is 385 g/mol. The van der Waals surface area contributed by atoms with Gasteiger partial charge in [-0.05, 0) is 52.3 Å². The van der Waals surface area contributed by atoms with Gasteiger partial charge in [0.05, 0.1) is 0 Å². The molecule has 0 aromatic heterocycles. The lowest BCUT2D eigenvalue weighted by Gasteiger charge is -2.16. The molecule has 2 aromatic carbocycles. The molecule has 0 radical (unpaired) electrons. The van der Waals surface area contributed by atoms with Crippen LogP contribution in [-0.2, 0) is 13.0 Å². The van der Waals surface area contributed by atoms with Crippen LogP contribution in [0.25, 0.3) is 0 Å². The van der Waals surface area contributed by atoms with Crippen molar-refractivity contribution in [3.63, 3.8) is 0 Å². The molecule has 1 atom stereocenters. The SMILES string of the molecule is ClCC(Cc1ccccc1)NCc1ccc(I)cc1. The van der Waals surface area contributed by atoms with Crippen LogP contribution in [0.15, 0.2) is 54.6 Å². The van der Waals surface area contributed by atoms with Crippen molar-refractivity contribution in [1.29, 1.82) is 0 Å². The first-order valence-electron chi connectivity index (χ1n) is 6.35. The van der Waals surface area contributed by atoms with Gasteiger partial charge in [-0.25, -0.2) is 0 Å². The molecule has 0 saturated heterocycles. The third kappa shape index (κ3) is 5.13. The highest BCUT2D eigenvalue weighted by Gasteiger charge is 2.07. The van der Waals surface area contributed by atoms with Crippen LogP contribution in [-0.4, -0.2) is 11.9 Å². The molecule has 3 heteroatoms. The predicted molar refractivity (Wildman–Crippen MR) is 90.7 cm³/mol. The van der Waals surface area contributed by atoms with Crippen LogP contribution >= 0.6 is 34.2 Å². The van der Waals surface area contributed by atoms with Gasteiger partial charge in [-0.3, -0.25) is 0 Å². The number of alkyl halides is 1. The second-order valence-electron chi connectivity index (χ2n) is 4.55. The molecule has 0 amide bonds. The average molecular weight is 386 g/mol. The Morgan fingerprint density at radius 2 is 1.63 bits per heavy atom. The number of rotatable bonds is 6. The zero-order valence-electron chi connectivity index (χ0n) is 10.7. The van der Waals surface area contributed by atoms with Gasteiger partial charge in [-0.2, -0.15) is 0 Å². The van der Waals surface area contributed by atoms with Gasteiger partial charge in [0.2, 0.25) is 0 Å². The maximum Gasteiger partial charge on any atom is 0.0380 e. The van der Waals surface area contributed by atoms with Gasteiger partial charge < -0.3 is 5.32 Å². The van der Waals surface area contributed by atoms with E-state index in [1.165, 1.54) is 14.7 Å². The van der Waals surface area contributed by atoms with Crippen molar-refractivity contribution in [1.82, 2.24) is 5.32 Å². The number of hydrogen-bond acceptors (Lipinski definition) is 1. The van der Waals surface area contributed by atoms with Crippen LogP contribution in [0.2, 0.25) is 0 Å². The summed E-state index contributed by atoms with van der Waals surface area (Å²) in [6.45, 7) is 0.862. The van der Waals surface area contributed by atoms with Crippen molar-refractivity contribution in [3.05, 3.63) is 69.3 Å². The minimum absolute atomic E-state index is 0.309. The van der Waals surface area contributed by atoms with Crippen molar-refractivity contribution in [3.8, 4) is 0 Å². The summed E-state index contributed by atoms with van der Waals surface area (Å²) in [5.41, 5.74) is 2.62. The van der Waals surface area contributed by atoms with Crippen LogP contribution in [0.5, 0.6) is 0 Å². The molecule has 0 aliphatic heterocycles. The standard InChI is InChI=1S/C16H17ClIN/c17-11-16(10-13-4-2-1-3-5-13)19-12-14-6-8-15(18)9-7-14/h1-9,16,19H,10-12H2. The Balaban J connectivity index is 1.87. The Hall–Kier alpha value is -0.580. The van der Waals surface area contributed by atoms with E-state index in [0.29, 0.717) is 11.9 Å². The molecule has 1 N–H and O–H groups in total. The first-order chi connectivity index (χ1) is 9.28. The summed E-state index contributed by atoms with van der Waals surface area (Å²) in [5, 5.41) is 3.52. The van der Waals surface area contributed by atoms with Crippen LogP contribution in [0, 0.1) is 3.57 Å². The quantitative estimate of drug-likeness (QED) is 0.579. The molecule has 0 aliphatic rings. The van der Waals surface area contributed by atoms with Crippen molar-refractivity contribution >= 4 is 34.2 Å². The van der Waals surface area contributed by atoms with Crippen molar-refractivity contribution in [2.75, 3.05) is 5.88 Å². The lowest BCUT2D eigenvalue weighted by Crippen LogP contribution is -2.32. The van der Waals surface area contributed by atoms with Gasteiger partial charge >= 0.3 is 0 Å². The Labute approximate surface area is 133 Å². The lowest BCUT2D eigenvalue weighted by molar-refractivity contribution is 0.550. The fourth-order valence-electron chi connectivity index (χ4n) is 1.94. The average Bonchev–Trinajstić information content (AvgIpc) is 2.46. The highest BCUT2D eigenvalue weighted by molar-refractivity contribution is 14.1. The molecule has 0 bridgehead atoms. The molecule has 19 heavy (non-hydrogen) atoms. The molecular weight excluding hydrogens is 369 g/mol. The van der Waals surface area contributed by atoms with E-state index in [1.807, 2.05) is 6.07 Å². The van der Waals surface area contributed by atoms with Gasteiger partial charge in [-0.15, -0.1) is 11.6 Å². The zero-order valence-corrected chi connectivity index (χ0v) is 13.6. The van der Waals surface area contributed by atoms with Crippen LogP contribution in [0.3, 0.4) is 0 Å². The van der Waals surface area contributed by atoms with Gasteiger partial charge in [-0.1, -0.05) is 42.5 Å². The summed E-state index contributed by atoms with van der Waals surface area (Å²) in [6, 6.07) is 19.3. The summed E-state index contributed by atoms with van der Waals surface area (Å²) in [6.07, 6.45) is 0.967. The van der Waals surface area contributed by atoms with Crippen molar-refractivity contribution in [2.45, 2.75) is 19.0 Å².